The van der Waals surface area contributed by atoms with Crippen molar-refractivity contribution in [1.82, 2.24) is 4.90 Å². The minimum absolute atomic E-state index is 0.0120. The van der Waals surface area contributed by atoms with Crippen molar-refractivity contribution in [2.75, 3.05) is 13.1 Å². The Hall–Kier alpha value is -1.31. The molecule has 124 valence electrons. The molecule has 0 saturated carbocycles. The molecular formula is C20H33NO. The van der Waals surface area contributed by atoms with Gasteiger partial charge in [-0.15, -0.1) is 0 Å². The van der Waals surface area contributed by atoms with Gasteiger partial charge in [0.05, 0.1) is 0 Å². The number of piperidine rings is 1. The third kappa shape index (κ3) is 5.82. The molecule has 0 atom stereocenters. The van der Waals surface area contributed by atoms with Crippen molar-refractivity contribution >= 4 is 5.78 Å². The van der Waals surface area contributed by atoms with E-state index in [0.29, 0.717) is 5.57 Å². The number of allylic oxidation sites excluding steroid dienone is 4. The highest BCUT2D eigenvalue weighted by Gasteiger charge is 2.20. The molecule has 0 aromatic rings. The summed E-state index contributed by atoms with van der Waals surface area (Å²) in [5, 5.41) is 0. The van der Waals surface area contributed by atoms with E-state index in [9.17, 15) is 4.79 Å². The van der Waals surface area contributed by atoms with Crippen LogP contribution in [0.15, 0.2) is 36.1 Å². The SMILES string of the molecule is C=C(/C=C\C(=C/C)N1CCC(CC(C)C)CC1)C(=O)C(C)C. The molecule has 0 amide bonds. The predicted molar refractivity (Wildman–Crippen MR) is 95.6 cm³/mol. The first-order valence-corrected chi connectivity index (χ1v) is 8.67. The quantitative estimate of drug-likeness (QED) is 0.488. The van der Waals surface area contributed by atoms with Crippen LogP contribution in [0.4, 0.5) is 0 Å². The van der Waals surface area contributed by atoms with Crippen LogP contribution in [0.3, 0.4) is 0 Å². The first-order chi connectivity index (χ1) is 10.3. The Bertz CT molecular complexity index is 435. The molecule has 2 nitrogen and oxygen atoms in total. The molecule has 0 N–H and O–H groups in total. The summed E-state index contributed by atoms with van der Waals surface area (Å²) < 4.78 is 0. The van der Waals surface area contributed by atoms with E-state index in [2.05, 4.69) is 38.3 Å². The fraction of sp³-hybridized carbons (Fsp3) is 0.650. The van der Waals surface area contributed by atoms with E-state index in [0.717, 1.165) is 24.9 Å². The van der Waals surface area contributed by atoms with Crippen LogP contribution < -0.4 is 0 Å². The number of carbonyl (C=O) groups excluding carboxylic acids is 1. The fourth-order valence-electron chi connectivity index (χ4n) is 3.12. The fourth-order valence-corrected chi connectivity index (χ4v) is 3.12. The van der Waals surface area contributed by atoms with Crippen LogP contribution in [0.25, 0.3) is 0 Å². The van der Waals surface area contributed by atoms with E-state index in [4.69, 9.17) is 0 Å². The number of nitrogens with zero attached hydrogens (tertiary/aromatic N) is 1. The Balaban J connectivity index is 2.56. The van der Waals surface area contributed by atoms with Crippen molar-refractivity contribution in [3.63, 3.8) is 0 Å². The van der Waals surface area contributed by atoms with E-state index < -0.39 is 0 Å². The highest BCUT2D eigenvalue weighted by Crippen LogP contribution is 2.26. The average molecular weight is 303 g/mol. The smallest absolute Gasteiger partial charge is 0.164 e. The second kappa shape index (κ2) is 8.97. The summed E-state index contributed by atoms with van der Waals surface area (Å²) in [6.45, 7) is 16.6. The first kappa shape index (κ1) is 18.7. The van der Waals surface area contributed by atoms with Gasteiger partial charge in [-0.1, -0.05) is 40.3 Å². The van der Waals surface area contributed by atoms with Crippen LogP contribution in [-0.2, 0) is 4.79 Å². The van der Waals surface area contributed by atoms with Crippen LogP contribution >= 0.6 is 0 Å². The number of Topliss-reactive ketones (excluding diaryl/α,β-unsaturated/α-hetero) is 1. The molecule has 1 aliphatic heterocycles. The van der Waals surface area contributed by atoms with Crippen LogP contribution in [0.5, 0.6) is 0 Å². The second-order valence-corrected chi connectivity index (χ2v) is 7.15. The largest absolute Gasteiger partial charge is 0.372 e. The normalized spacial score (nSPS) is 17.8. The highest BCUT2D eigenvalue weighted by atomic mass is 16.1. The van der Waals surface area contributed by atoms with Crippen LogP contribution in [0.1, 0.15) is 53.9 Å². The monoisotopic (exact) mass is 303 g/mol. The zero-order chi connectivity index (χ0) is 16.7. The van der Waals surface area contributed by atoms with Crippen LogP contribution in [0, 0.1) is 17.8 Å². The van der Waals surface area contributed by atoms with Gasteiger partial charge in [0, 0.05) is 30.3 Å². The Morgan fingerprint density at radius 3 is 2.23 bits per heavy atom. The molecule has 1 rings (SSSR count). The highest BCUT2D eigenvalue weighted by molar-refractivity contribution is 5.98. The molecular weight excluding hydrogens is 270 g/mol. The molecule has 0 radical (unpaired) electrons. The second-order valence-electron chi connectivity index (χ2n) is 7.15. The average Bonchev–Trinajstić information content (AvgIpc) is 2.47. The van der Waals surface area contributed by atoms with E-state index in [1.54, 1.807) is 0 Å². The molecule has 0 unspecified atom stereocenters. The summed E-state index contributed by atoms with van der Waals surface area (Å²) >= 11 is 0. The van der Waals surface area contributed by atoms with Gasteiger partial charge in [0.1, 0.15) is 0 Å². The topological polar surface area (TPSA) is 20.3 Å². The number of ketones is 1. The molecule has 1 heterocycles. The summed E-state index contributed by atoms with van der Waals surface area (Å²) in [6, 6.07) is 0. The summed E-state index contributed by atoms with van der Waals surface area (Å²) in [6.07, 6.45) is 9.94. The van der Waals surface area contributed by atoms with Crippen molar-refractivity contribution < 1.29 is 4.79 Å². The number of likely N-dealkylation sites (tertiary alicyclic amines) is 1. The Kier molecular flexibility index (Phi) is 7.64. The summed E-state index contributed by atoms with van der Waals surface area (Å²) in [5.41, 5.74) is 1.81. The maximum atomic E-state index is 11.9. The number of carbonyl (C=O) groups is 1. The summed E-state index contributed by atoms with van der Waals surface area (Å²) in [5.74, 6) is 1.80. The van der Waals surface area contributed by atoms with Crippen LogP contribution in [0.2, 0.25) is 0 Å². The van der Waals surface area contributed by atoms with Crippen molar-refractivity contribution in [2.24, 2.45) is 17.8 Å². The Morgan fingerprint density at radius 2 is 1.77 bits per heavy atom. The third-order valence-corrected chi connectivity index (χ3v) is 4.38. The lowest BCUT2D eigenvalue weighted by Gasteiger charge is -2.35. The zero-order valence-corrected chi connectivity index (χ0v) is 15.1. The Morgan fingerprint density at radius 1 is 1.18 bits per heavy atom. The molecule has 0 spiro atoms. The van der Waals surface area contributed by atoms with Gasteiger partial charge >= 0.3 is 0 Å². The van der Waals surface area contributed by atoms with Crippen molar-refractivity contribution in [1.29, 1.82) is 0 Å². The van der Waals surface area contributed by atoms with Gasteiger partial charge in [-0.25, -0.2) is 0 Å². The lowest BCUT2D eigenvalue weighted by Crippen LogP contribution is -2.33. The Labute approximate surface area is 137 Å². The molecule has 0 aromatic carbocycles. The van der Waals surface area contributed by atoms with Crippen LogP contribution in [-0.4, -0.2) is 23.8 Å². The van der Waals surface area contributed by atoms with Gasteiger partial charge in [0.2, 0.25) is 0 Å². The lowest BCUT2D eigenvalue weighted by atomic mass is 9.88. The first-order valence-electron chi connectivity index (χ1n) is 8.67. The van der Waals surface area contributed by atoms with Gasteiger partial charge in [-0.3, -0.25) is 4.79 Å². The lowest BCUT2D eigenvalue weighted by molar-refractivity contribution is -0.117. The molecule has 1 saturated heterocycles. The number of hydrogen-bond acceptors (Lipinski definition) is 2. The zero-order valence-electron chi connectivity index (χ0n) is 15.1. The molecule has 1 fully saturated rings. The van der Waals surface area contributed by atoms with Crippen molar-refractivity contribution in [3.8, 4) is 0 Å². The van der Waals surface area contributed by atoms with Gasteiger partial charge in [0.15, 0.2) is 5.78 Å². The van der Waals surface area contributed by atoms with Gasteiger partial charge in [-0.2, -0.15) is 0 Å². The van der Waals surface area contributed by atoms with Crippen molar-refractivity contribution in [2.45, 2.75) is 53.9 Å². The number of hydrogen-bond donors (Lipinski definition) is 0. The molecule has 2 heteroatoms. The molecule has 0 aliphatic carbocycles. The van der Waals surface area contributed by atoms with Gasteiger partial charge < -0.3 is 4.90 Å². The minimum Gasteiger partial charge on any atom is -0.372 e. The molecule has 0 bridgehead atoms. The summed E-state index contributed by atoms with van der Waals surface area (Å²) in [4.78, 5) is 14.3. The van der Waals surface area contributed by atoms with Gasteiger partial charge in [0.25, 0.3) is 0 Å². The van der Waals surface area contributed by atoms with E-state index in [1.165, 1.54) is 25.0 Å². The standard InChI is InChI=1S/C20H33NO/c1-7-19(9-8-17(6)20(22)16(4)5)21-12-10-18(11-13-21)14-15(2)3/h7-9,15-16,18H,6,10-14H2,1-5H3/b9-8-,19-7+. The van der Waals surface area contributed by atoms with E-state index >= 15 is 0 Å². The number of rotatable bonds is 7. The minimum atomic E-state index is 0.0120. The van der Waals surface area contributed by atoms with E-state index in [1.807, 2.05) is 26.0 Å². The maximum Gasteiger partial charge on any atom is 0.164 e. The predicted octanol–water partition coefficient (Wildman–Crippen LogP) is 4.99. The van der Waals surface area contributed by atoms with E-state index in [-0.39, 0.29) is 11.7 Å². The summed E-state index contributed by atoms with van der Waals surface area (Å²) in [7, 11) is 0. The molecule has 0 aromatic heterocycles. The maximum absolute atomic E-state index is 11.9. The van der Waals surface area contributed by atoms with Crippen molar-refractivity contribution in [3.05, 3.63) is 36.1 Å². The third-order valence-electron chi connectivity index (χ3n) is 4.38. The molecule has 1 aliphatic rings. The molecule has 22 heavy (non-hydrogen) atoms. The van der Waals surface area contributed by atoms with Gasteiger partial charge in [-0.05, 0) is 50.2 Å².